The van der Waals surface area contributed by atoms with Crippen LogP contribution in [-0.2, 0) is 12.8 Å². The van der Waals surface area contributed by atoms with Crippen LogP contribution in [0.2, 0.25) is 0 Å². The molecule has 4 nitrogen and oxygen atoms in total. The summed E-state index contributed by atoms with van der Waals surface area (Å²) in [6.07, 6.45) is 3.47. The van der Waals surface area contributed by atoms with Gasteiger partial charge in [0, 0.05) is 33.7 Å². The van der Waals surface area contributed by atoms with E-state index in [4.69, 9.17) is 14.7 Å². The predicted molar refractivity (Wildman–Crippen MR) is 113 cm³/mol. The summed E-state index contributed by atoms with van der Waals surface area (Å²) in [5, 5.41) is 3.32. The zero-order chi connectivity index (χ0) is 18.9. The molecule has 0 radical (unpaired) electrons. The molecule has 0 amide bonds. The molecule has 0 fully saturated rings. The van der Waals surface area contributed by atoms with Gasteiger partial charge in [-0.05, 0) is 37.1 Å². The number of methoxy groups -OCH3 is 1. The van der Waals surface area contributed by atoms with Crippen molar-refractivity contribution in [2.45, 2.75) is 12.8 Å². The largest absolute Gasteiger partial charge is 0.494 e. The lowest BCUT2D eigenvalue weighted by Gasteiger charge is -2.08. The maximum Gasteiger partial charge on any atom is 0.145 e. The Morgan fingerprint density at radius 1 is 0.643 bits per heavy atom. The van der Waals surface area contributed by atoms with Crippen LogP contribution >= 0.6 is 0 Å². The molecular weight excluding hydrogens is 346 g/mol. The Hall–Kier alpha value is -3.53. The summed E-state index contributed by atoms with van der Waals surface area (Å²) < 4.78 is 5.45. The zero-order valence-corrected chi connectivity index (χ0v) is 15.6. The second kappa shape index (κ2) is 6.89. The average Bonchev–Trinajstić information content (AvgIpc) is 2.77. The number of pyridine rings is 3. The Balaban J connectivity index is 1.47. The molecule has 0 aliphatic carbocycles. The maximum absolute atomic E-state index is 5.45. The monoisotopic (exact) mass is 365 g/mol. The number of para-hydroxylation sites is 1. The summed E-state index contributed by atoms with van der Waals surface area (Å²) in [6.45, 7) is 0. The fourth-order valence-electron chi connectivity index (χ4n) is 3.62. The first-order valence-electron chi connectivity index (χ1n) is 9.38. The number of fused-ring (bicyclic) bond motifs is 4. The molecule has 3 aromatic heterocycles. The molecule has 0 saturated carbocycles. The van der Waals surface area contributed by atoms with E-state index in [-0.39, 0.29) is 0 Å². The number of hydrogen-bond acceptors (Lipinski definition) is 4. The first-order chi connectivity index (χ1) is 13.8. The van der Waals surface area contributed by atoms with Crippen LogP contribution in [0.5, 0.6) is 5.75 Å². The van der Waals surface area contributed by atoms with E-state index < -0.39 is 0 Å². The molecule has 0 atom stereocenters. The Labute approximate surface area is 162 Å². The number of aromatic nitrogens is 3. The molecule has 0 aliphatic heterocycles. The van der Waals surface area contributed by atoms with Crippen molar-refractivity contribution in [1.82, 2.24) is 15.0 Å². The Morgan fingerprint density at radius 3 is 2.00 bits per heavy atom. The number of aryl methyl sites for hydroxylation is 2. The number of ether oxygens (including phenoxy) is 1. The lowest BCUT2D eigenvalue weighted by atomic mass is 10.1. The van der Waals surface area contributed by atoms with Crippen LogP contribution < -0.4 is 4.74 Å². The van der Waals surface area contributed by atoms with E-state index in [1.165, 1.54) is 0 Å². The van der Waals surface area contributed by atoms with Crippen molar-refractivity contribution in [2.24, 2.45) is 0 Å². The van der Waals surface area contributed by atoms with Crippen LogP contribution in [-0.4, -0.2) is 22.1 Å². The smallest absolute Gasteiger partial charge is 0.145 e. The molecule has 28 heavy (non-hydrogen) atoms. The molecule has 5 aromatic rings. The third-order valence-electron chi connectivity index (χ3n) is 5.09. The van der Waals surface area contributed by atoms with Crippen molar-refractivity contribution >= 4 is 32.7 Å². The number of benzene rings is 2. The minimum absolute atomic E-state index is 0.806. The molecule has 0 aliphatic rings. The third kappa shape index (κ3) is 2.93. The lowest BCUT2D eigenvalue weighted by Crippen LogP contribution is -1.98. The van der Waals surface area contributed by atoms with Gasteiger partial charge in [0.25, 0.3) is 0 Å². The van der Waals surface area contributed by atoms with E-state index in [0.717, 1.165) is 62.7 Å². The van der Waals surface area contributed by atoms with Crippen LogP contribution in [0.4, 0.5) is 0 Å². The van der Waals surface area contributed by atoms with Gasteiger partial charge in [0.1, 0.15) is 11.3 Å². The molecule has 0 saturated heterocycles. The minimum atomic E-state index is 0.806. The van der Waals surface area contributed by atoms with Gasteiger partial charge < -0.3 is 4.74 Å². The summed E-state index contributed by atoms with van der Waals surface area (Å²) in [4.78, 5) is 14.2. The molecule has 5 rings (SSSR count). The fraction of sp³-hybridized carbons (Fsp3) is 0.125. The summed E-state index contributed by atoms with van der Waals surface area (Å²) in [6, 6.07) is 22.6. The molecule has 3 heterocycles. The number of nitrogens with zero attached hydrogens (tertiary/aromatic N) is 3. The lowest BCUT2D eigenvalue weighted by molar-refractivity contribution is 0.419. The zero-order valence-electron chi connectivity index (χ0n) is 15.6. The maximum atomic E-state index is 5.45. The molecule has 2 aromatic carbocycles. The Bertz CT molecular complexity index is 1310. The van der Waals surface area contributed by atoms with E-state index in [9.17, 15) is 0 Å². The molecule has 0 unspecified atom stereocenters. The number of rotatable bonds is 4. The quantitative estimate of drug-likeness (QED) is 0.415. The van der Waals surface area contributed by atoms with Gasteiger partial charge in [-0.2, -0.15) is 0 Å². The van der Waals surface area contributed by atoms with Gasteiger partial charge in [-0.25, -0.2) is 4.98 Å². The van der Waals surface area contributed by atoms with Crippen molar-refractivity contribution in [1.29, 1.82) is 0 Å². The molecule has 0 bridgehead atoms. The highest BCUT2D eigenvalue weighted by molar-refractivity contribution is 6.02. The van der Waals surface area contributed by atoms with Gasteiger partial charge in [0.15, 0.2) is 0 Å². The molecule has 0 spiro atoms. The third-order valence-corrected chi connectivity index (χ3v) is 5.09. The normalized spacial score (nSPS) is 11.3. The van der Waals surface area contributed by atoms with Gasteiger partial charge in [-0.1, -0.05) is 42.5 Å². The van der Waals surface area contributed by atoms with Gasteiger partial charge in [-0.15, -0.1) is 0 Å². The highest BCUT2D eigenvalue weighted by atomic mass is 16.5. The van der Waals surface area contributed by atoms with E-state index in [1.54, 1.807) is 7.11 Å². The van der Waals surface area contributed by atoms with Crippen molar-refractivity contribution in [2.75, 3.05) is 7.11 Å². The highest BCUT2D eigenvalue weighted by Crippen LogP contribution is 2.25. The predicted octanol–water partition coefficient (Wildman–Crippen LogP) is 5.13. The van der Waals surface area contributed by atoms with Gasteiger partial charge in [0.2, 0.25) is 0 Å². The first-order valence-corrected chi connectivity index (χ1v) is 9.38. The second-order valence-electron chi connectivity index (χ2n) is 6.85. The van der Waals surface area contributed by atoms with Crippen molar-refractivity contribution in [3.8, 4) is 5.75 Å². The summed E-state index contributed by atoms with van der Waals surface area (Å²) in [5.41, 5.74) is 4.91. The second-order valence-corrected chi connectivity index (χ2v) is 6.85. The molecule has 0 N–H and O–H groups in total. The van der Waals surface area contributed by atoms with Gasteiger partial charge in [-0.3, -0.25) is 9.97 Å². The molecule has 4 heteroatoms. The number of hydrogen-bond donors (Lipinski definition) is 0. The molecular formula is C24H19N3O. The summed E-state index contributed by atoms with van der Waals surface area (Å²) in [5.74, 6) is 0.806. The van der Waals surface area contributed by atoms with Crippen molar-refractivity contribution < 1.29 is 4.74 Å². The minimum Gasteiger partial charge on any atom is -0.494 e. The van der Waals surface area contributed by atoms with Crippen LogP contribution in [0.15, 0.2) is 72.9 Å². The first kappa shape index (κ1) is 16.6. The van der Waals surface area contributed by atoms with Crippen LogP contribution in [0.1, 0.15) is 11.4 Å². The van der Waals surface area contributed by atoms with Crippen molar-refractivity contribution in [3.63, 3.8) is 0 Å². The van der Waals surface area contributed by atoms with Crippen LogP contribution in [0, 0.1) is 0 Å². The molecule has 136 valence electrons. The van der Waals surface area contributed by atoms with E-state index >= 15 is 0 Å². The van der Waals surface area contributed by atoms with E-state index in [1.807, 2.05) is 24.4 Å². The van der Waals surface area contributed by atoms with Crippen molar-refractivity contribution in [3.05, 3.63) is 84.3 Å². The van der Waals surface area contributed by atoms with E-state index in [2.05, 4.69) is 53.5 Å². The van der Waals surface area contributed by atoms with Gasteiger partial charge in [0.05, 0.1) is 18.1 Å². The van der Waals surface area contributed by atoms with Crippen LogP contribution in [0.25, 0.3) is 32.7 Å². The Morgan fingerprint density at radius 2 is 1.25 bits per heavy atom. The summed E-state index contributed by atoms with van der Waals surface area (Å²) >= 11 is 0. The highest BCUT2D eigenvalue weighted by Gasteiger charge is 2.07. The van der Waals surface area contributed by atoms with Crippen LogP contribution in [0.3, 0.4) is 0 Å². The topological polar surface area (TPSA) is 47.9 Å². The SMILES string of the molecule is COc1cccc2ccc(CCc3ccc4ccc5cccnc5c4n3)nc12. The summed E-state index contributed by atoms with van der Waals surface area (Å²) in [7, 11) is 1.68. The average molecular weight is 365 g/mol. The Kier molecular flexibility index (Phi) is 4.09. The fourth-order valence-corrected chi connectivity index (χ4v) is 3.62. The van der Waals surface area contributed by atoms with Gasteiger partial charge >= 0.3 is 0 Å². The standard InChI is InChI=1S/C24H19N3O/c1-28-21-6-2-4-16-9-11-19(26-22(16)21)13-14-20-12-10-18-8-7-17-5-3-15-25-23(17)24(18)27-20/h2-12,15H,13-14H2,1H3. The van der Waals surface area contributed by atoms with E-state index in [0.29, 0.717) is 0 Å².